The summed E-state index contributed by atoms with van der Waals surface area (Å²) in [5, 5.41) is 5.34. The number of carbonyl (C=O) groups excluding carboxylic acids is 2. The molecule has 122 valence electrons. The molecule has 1 rings (SSSR count). The molecule has 0 aliphatic heterocycles. The fourth-order valence-electron chi connectivity index (χ4n) is 1.71. The van der Waals surface area contributed by atoms with Crippen molar-refractivity contribution in [1.29, 1.82) is 0 Å². The summed E-state index contributed by atoms with van der Waals surface area (Å²) in [6.07, 6.45) is 1.39. The maximum absolute atomic E-state index is 11.9. The third kappa shape index (κ3) is 6.47. The van der Waals surface area contributed by atoms with Crippen LogP contribution in [-0.2, 0) is 4.74 Å². The second-order valence-electron chi connectivity index (χ2n) is 5.11. The number of anilines is 1. The molecule has 0 fully saturated rings. The molecule has 0 saturated heterocycles. The second-order valence-corrected chi connectivity index (χ2v) is 5.11. The Morgan fingerprint density at radius 2 is 1.73 bits per heavy atom. The molecule has 2 amide bonds. The molecule has 0 aliphatic rings. The number of carbonyl (C=O) groups is 2. The fourth-order valence-corrected chi connectivity index (χ4v) is 1.71. The molecule has 6 heteroatoms. The van der Waals surface area contributed by atoms with Crippen molar-refractivity contribution in [3.8, 4) is 0 Å². The molecule has 0 atom stereocenters. The van der Waals surface area contributed by atoms with Crippen LogP contribution in [-0.4, -0.2) is 45.8 Å². The van der Waals surface area contributed by atoms with Gasteiger partial charge in [0, 0.05) is 38.4 Å². The first kappa shape index (κ1) is 17.8. The SMILES string of the molecule is CCCCOC(=O)NCCNC(=O)c1ccc(N(C)C)cc1. The predicted molar refractivity (Wildman–Crippen MR) is 87.4 cm³/mol. The number of nitrogens with zero attached hydrogens (tertiary/aromatic N) is 1. The van der Waals surface area contributed by atoms with Crippen LogP contribution in [0.25, 0.3) is 0 Å². The van der Waals surface area contributed by atoms with Gasteiger partial charge in [0.05, 0.1) is 6.61 Å². The molecule has 0 aromatic heterocycles. The number of unbranched alkanes of at least 4 members (excludes halogenated alkanes) is 1. The van der Waals surface area contributed by atoms with E-state index in [1.807, 2.05) is 38.1 Å². The van der Waals surface area contributed by atoms with Crippen LogP contribution in [0.5, 0.6) is 0 Å². The minimum Gasteiger partial charge on any atom is -0.450 e. The van der Waals surface area contributed by atoms with Crippen molar-refractivity contribution in [3.63, 3.8) is 0 Å². The van der Waals surface area contributed by atoms with Crippen molar-refractivity contribution >= 4 is 17.7 Å². The Balaban J connectivity index is 2.24. The van der Waals surface area contributed by atoms with Gasteiger partial charge in [-0.3, -0.25) is 4.79 Å². The smallest absolute Gasteiger partial charge is 0.407 e. The molecular formula is C16H25N3O3. The summed E-state index contributed by atoms with van der Waals surface area (Å²) >= 11 is 0. The lowest BCUT2D eigenvalue weighted by atomic mass is 10.2. The number of benzene rings is 1. The molecule has 0 radical (unpaired) electrons. The van der Waals surface area contributed by atoms with Gasteiger partial charge in [-0.05, 0) is 30.7 Å². The normalized spacial score (nSPS) is 9.95. The molecule has 2 N–H and O–H groups in total. The van der Waals surface area contributed by atoms with Gasteiger partial charge in [-0.15, -0.1) is 0 Å². The average molecular weight is 307 g/mol. The molecule has 1 aromatic rings. The van der Waals surface area contributed by atoms with E-state index in [0.29, 0.717) is 25.3 Å². The third-order valence-corrected chi connectivity index (χ3v) is 3.06. The monoisotopic (exact) mass is 307 g/mol. The van der Waals surface area contributed by atoms with Crippen LogP contribution in [0.3, 0.4) is 0 Å². The molecule has 0 heterocycles. The van der Waals surface area contributed by atoms with Gasteiger partial charge >= 0.3 is 6.09 Å². The van der Waals surface area contributed by atoms with E-state index in [9.17, 15) is 9.59 Å². The van der Waals surface area contributed by atoms with Gasteiger partial charge < -0.3 is 20.3 Å². The standard InChI is InChI=1S/C16H25N3O3/c1-4-5-12-22-16(21)18-11-10-17-15(20)13-6-8-14(9-7-13)19(2)3/h6-9H,4-5,10-12H2,1-3H3,(H,17,20)(H,18,21). The number of amides is 2. The summed E-state index contributed by atoms with van der Waals surface area (Å²) in [6.45, 7) is 3.15. The highest BCUT2D eigenvalue weighted by Crippen LogP contribution is 2.11. The average Bonchev–Trinajstić information content (AvgIpc) is 2.51. The summed E-state index contributed by atoms with van der Waals surface area (Å²) < 4.78 is 4.94. The van der Waals surface area contributed by atoms with E-state index in [-0.39, 0.29) is 5.91 Å². The number of hydrogen-bond acceptors (Lipinski definition) is 4. The van der Waals surface area contributed by atoms with E-state index in [1.165, 1.54) is 0 Å². The van der Waals surface area contributed by atoms with Crippen molar-refractivity contribution in [2.75, 3.05) is 38.7 Å². The van der Waals surface area contributed by atoms with Crippen LogP contribution in [0.4, 0.5) is 10.5 Å². The van der Waals surface area contributed by atoms with Crippen LogP contribution < -0.4 is 15.5 Å². The van der Waals surface area contributed by atoms with Gasteiger partial charge in [0.2, 0.25) is 0 Å². The highest BCUT2D eigenvalue weighted by molar-refractivity contribution is 5.94. The minimum atomic E-state index is -0.446. The molecule has 0 unspecified atom stereocenters. The lowest BCUT2D eigenvalue weighted by Crippen LogP contribution is -2.35. The Morgan fingerprint density at radius 3 is 2.32 bits per heavy atom. The van der Waals surface area contributed by atoms with E-state index in [2.05, 4.69) is 10.6 Å². The van der Waals surface area contributed by atoms with Crippen LogP contribution in [0.1, 0.15) is 30.1 Å². The van der Waals surface area contributed by atoms with Gasteiger partial charge in [-0.25, -0.2) is 4.79 Å². The third-order valence-electron chi connectivity index (χ3n) is 3.06. The minimum absolute atomic E-state index is 0.161. The second kappa shape index (κ2) is 9.65. The van der Waals surface area contributed by atoms with Crippen LogP contribution in [0.2, 0.25) is 0 Å². The van der Waals surface area contributed by atoms with Crippen LogP contribution in [0.15, 0.2) is 24.3 Å². The Labute approximate surface area is 131 Å². The number of nitrogens with one attached hydrogen (secondary N) is 2. The van der Waals surface area contributed by atoms with Crippen molar-refractivity contribution in [2.45, 2.75) is 19.8 Å². The molecule has 0 spiro atoms. The fraction of sp³-hybridized carbons (Fsp3) is 0.500. The zero-order valence-corrected chi connectivity index (χ0v) is 13.5. The van der Waals surface area contributed by atoms with E-state index in [4.69, 9.17) is 4.74 Å². The van der Waals surface area contributed by atoms with Crippen LogP contribution in [0, 0.1) is 0 Å². The Morgan fingerprint density at radius 1 is 1.09 bits per heavy atom. The number of rotatable bonds is 8. The maximum atomic E-state index is 11.9. The van der Waals surface area contributed by atoms with E-state index in [1.54, 1.807) is 12.1 Å². The number of hydrogen-bond donors (Lipinski definition) is 2. The molecule has 6 nitrogen and oxygen atoms in total. The van der Waals surface area contributed by atoms with Gasteiger partial charge in [0.15, 0.2) is 0 Å². The summed E-state index contributed by atoms with van der Waals surface area (Å²) in [5.74, 6) is -0.161. The quantitative estimate of drug-likeness (QED) is 0.721. The summed E-state index contributed by atoms with van der Waals surface area (Å²) in [5.41, 5.74) is 1.63. The first-order valence-electron chi connectivity index (χ1n) is 7.50. The highest BCUT2D eigenvalue weighted by Gasteiger charge is 2.06. The van der Waals surface area contributed by atoms with Crippen molar-refractivity contribution < 1.29 is 14.3 Å². The van der Waals surface area contributed by atoms with E-state index < -0.39 is 6.09 Å². The van der Waals surface area contributed by atoms with Crippen molar-refractivity contribution in [2.24, 2.45) is 0 Å². The van der Waals surface area contributed by atoms with Gasteiger partial charge in [-0.1, -0.05) is 13.3 Å². The first-order valence-corrected chi connectivity index (χ1v) is 7.50. The van der Waals surface area contributed by atoms with E-state index >= 15 is 0 Å². The molecule has 1 aromatic carbocycles. The molecule has 0 aliphatic carbocycles. The Hall–Kier alpha value is -2.24. The van der Waals surface area contributed by atoms with Crippen LogP contribution >= 0.6 is 0 Å². The van der Waals surface area contributed by atoms with Gasteiger partial charge in [-0.2, -0.15) is 0 Å². The first-order chi connectivity index (χ1) is 10.5. The highest BCUT2D eigenvalue weighted by atomic mass is 16.5. The van der Waals surface area contributed by atoms with Crippen molar-refractivity contribution in [3.05, 3.63) is 29.8 Å². The maximum Gasteiger partial charge on any atom is 0.407 e. The zero-order valence-electron chi connectivity index (χ0n) is 13.5. The van der Waals surface area contributed by atoms with Gasteiger partial charge in [0.25, 0.3) is 5.91 Å². The zero-order chi connectivity index (χ0) is 16.4. The lowest BCUT2D eigenvalue weighted by Gasteiger charge is -2.12. The Bertz CT molecular complexity index is 472. The predicted octanol–water partition coefficient (Wildman–Crippen LogP) is 2.01. The van der Waals surface area contributed by atoms with Crippen molar-refractivity contribution in [1.82, 2.24) is 10.6 Å². The molecular weight excluding hydrogens is 282 g/mol. The lowest BCUT2D eigenvalue weighted by molar-refractivity contribution is 0.0952. The number of alkyl carbamates (subject to hydrolysis) is 1. The Kier molecular flexibility index (Phi) is 7.81. The largest absolute Gasteiger partial charge is 0.450 e. The molecule has 0 bridgehead atoms. The summed E-state index contributed by atoms with van der Waals surface area (Å²) in [4.78, 5) is 25.2. The van der Waals surface area contributed by atoms with E-state index in [0.717, 1.165) is 18.5 Å². The molecule has 0 saturated carbocycles. The summed E-state index contributed by atoms with van der Waals surface area (Å²) in [7, 11) is 3.89. The molecule has 22 heavy (non-hydrogen) atoms. The topological polar surface area (TPSA) is 70.7 Å². The summed E-state index contributed by atoms with van der Waals surface area (Å²) in [6, 6.07) is 7.32. The van der Waals surface area contributed by atoms with Gasteiger partial charge in [0.1, 0.15) is 0 Å². The number of ether oxygens (including phenoxy) is 1.